The van der Waals surface area contributed by atoms with Gasteiger partial charge in [-0.15, -0.1) is 0 Å². The van der Waals surface area contributed by atoms with E-state index in [1.807, 2.05) is 4.90 Å². The van der Waals surface area contributed by atoms with Gasteiger partial charge in [-0.05, 0) is 6.42 Å². The number of imide groups is 1. The van der Waals surface area contributed by atoms with Crippen LogP contribution in [0.3, 0.4) is 0 Å². The first kappa shape index (κ1) is 13.7. The van der Waals surface area contributed by atoms with E-state index in [9.17, 15) is 14.0 Å². The third kappa shape index (κ3) is 2.20. The molecule has 1 N–H and O–H groups in total. The molecule has 1 spiro atoms. The van der Waals surface area contributed by atoms with Crippen LogP contribution in [-0.4, -0.2) is 49.0 Å². The fourth-order valence-electron chi connectivity index (χ4n) is 2.88. The van der Waals surface area contributed by atoms with Crippen LogP contribution in [0.5, 0.6) is 0 Å². The lowest BCUT2D eigenvalue weighted by atomic mass is 9.85. The quantitative estimate of drug-likeness (QED) is 0.769. The second kappa shape index (κ2) is 4.64. The standard InChI is InChI=1S/C13H16FN5O2/c1-18(2)10-8(14)6-15-12(17-10)19-4-3-13(7-19)5-9(20)16-11(13)21/h6H,3-5,7H2,1-2H3,(H,16,20,21)/t13-/m0/s1. The molecule has 21 heavy (non-hydrogen) atoms. The van der Waals surface area contributed by atoms with E-state index in [1.165, 1.54) is 0 Å². The van der Waals surface area contributed by atoms with Gasteiger partial charge in [-0.25, -0.2) is 9.37 Å². The van der Waals surface area contributed by atoms with Crippen LogP contribution in [0.15, 0.2) is 6.20 Å². The van der Waals surface area contributed by atoms with Gasteiger partial charge in [0.05, 0.1) is 11.6 Å². The van der Waals surface area contributed by atoms with Crippen molar-refractivity contribution in [3.8, 4) is 0 Å². The molecule has 112 valence electrons. The predicted octanol–water partition coefficient (Wildman–Crippen LogP) is -0.0753. The number of aromatic nitrogens is 2. The zero-order valence-electron chi connectivity index (χ0n) is 11.9. The Labute approximate surface area is 121 Å². The monoisotopic (exact) mass is 293 g/mol. The Morgan fingerprint density at radius 1 is 1.43 bits per heavy atom. The summed E-state index contributed by atoms with van der Waals surface area (Å²) in [4.78, 5) is 34.9. The number of carbonyl (C=O) groups is 2. The Morgan fingerprint density at radius 3 is 2.81 bits per heavy atom. The molecule has 0 radical (unpaired) electrons. The van der Waals surface area contributed by atoms with Gasteiger partial charge in [0, 0.05) is 33.6 Å². The van der Waals surface area contributed by atoms with Crippen molar-refractivity contribution < 1.29 is 14.0 Å². The minimum Gasteiger partial charge on any atom is -0.360 e. The topological polar surface area (TPSA) is 78.4 Å². The first-order valence-electron chi connectivity index (χ1n) is 6.70. The number of carbonyl (C=O) groups excluding carboxylic acids is 2. The van der Waals surface area contributed by atoms with Gasteiger partial charge < -0.3 is 9.80 Å². The number of halogens is 1. The minimum atomic E-state index is -0.687. The summed E-state index contributed by atoms with van der Waals surface area (Å²) in [5.74, 6) is -0.385. The normalized spacial score (nSPS) is 24.8. The third-order valence-electron chi connectivity index (χ3n) is 4.01. The highest BCUT2D eigenvalue weighted by Gasteiger charge is 2.51. The lowest BCUT2D eigenvalue weighted by molar-refractivity contribution is -0.127. The first-order valence-corrected chi connectivity index (χ1v) is 6.70. The summed E-state index contributed by atoms with van der Waals surface area (Å²) in [6.45, 7) is 0.947. The smallest absolute Gasteiger partial charge is 0.235 e. The molecule has 0 unspecified atom stereocenters. The Bertz CT molecular complexity index is 621. The summed E-state index contributed by atoms with van der Waals surface area (Å²) in [5, 5.41) is 2.35. The average Bonchev–Trinajstić information content (AvgIpc) is 2.95. The van der Waals surface area contributed by atoms with Gasteiger partial charge in [0.2, 0.25) is 17.8 Å². The molecular formula is C13H16FN5O2. The van der Waals surface area contributed by atoms with Crippen LogP contribution in [-0.2, 0) is 9.59 Å². The summed E-state index contributed by atoms with van der Waals surface area (Å²) in [6, 6.07) is 0. The van der Waals surface area contributed by atoms with Crippen LogP contribution in [0, 0.1) is 11.2 Å². The van der Waals surface area contributed by atoms with Crippen molar-refractivity contribution in [1.82, 2.24) is 15.3 Å². The molecule has 3 rings (SSSR count). The molecule has 7 nitrogen and oxygen atoms in total. The van der Waals surface area contributed by atoms with Crippen molar-refractivity contribution in [3.63, 3.8) is 0 Å². The summed E-state index contributed by atoms with van der Waals surface area (Å²) in [6.07, 6.45) is 1.90. The van der Waals surface area contributed by atoms with E-state index in [0.29, 0.717) is 25.5 Å². The summed E-state index contributed by atoms with van der Waals surface area (Å²) >= 11 is 0. The molecule has 1 aromatic heterocycles. The van der Waals surface area contributed by atoms with E-state index in [-0.39, 0.29) is 24.1 Å². The summed E-state index contributed by atoms with van der Waals surface area (Å²) in [5.41, 5.74) is -0.687. The molecule has 2 saturated heterocycles. The van der Waals surface area contributed by atoms with Crippen molar-refractivity contribution >= 4 is 23.6 Å². The minimum absolute atomic E-state index is 0.198. The van der Waals surface area contributed by atoms with Crippen LogP contribution < -0.4 is 15.1 Å². The molecule has 0 saturated carbocycles. The van der Waals surface area contributed by atoms with Crippen LogP contribution in [0.4, 0.5) is 16.2 Å². The Kier molecular flexibility index (Phi) is 3.03. The van der Waals surface area contributed by atoms with Gasteiger partial charge in [0.25, 0.3) is 0 Å². The van der Waals surface area contributed by atoms with Crippen molar-refractivity contribution in [1.29, 1.82) is 0 Å². The fraction of sp³-hybridized carbons (Fsp3) is 0.538. The molecule has 2 aliphatic rings. The van der Waals surface area contributed by atoms with Crippen molar-refractivity contribution in [2.75, 3.05) is 37.0 Å². The van der Waals surface area contributed by atoms with Gasteiger partial charge in [-0.1, -0.05) is 0 Å². The van der Waals surface area contributed by atoms with E-state index < -0.39 is 11.2 Å². The number of anilines is 2. The largest absolute Gasteiger partial charge is 0.360 e. The fourth-order valence-corrected chi connectivity index (χ4v) is 2.88. The maximum atomic E-state index is 13.6. The maximum absolute atomic E-state index is 13.6. The Hall–Kier alpha value is -2.25. The molecule has 0 aromatic carbocycles. The molecule has 0 bridgehead atoms. The molecule has 2 amide bonds. The Morgan fingerprint density at radius 2 is 2.19 bits per heavy atom. The highest BCUT2D eigenvalue weighted by Crippen LogP contribution is 2.38. The van der Waals surface area contributed by atoms with Gasteiger partial charge >= 0.3 is 0 Å². The number of hydrogen-bond donors (Lipinski definition) is 1. The highest BCUT2D eigenvalue weighted by atomic mass is 19.1. The lowest BCUT2D eigenvalue weighted by Crippen LogP contribution is -2.35. The van der Waals surface area contributed by atoms with Crippen LogP contribution in [0.2, 0.25) is 0 Å². The van der Waals surface area contributed by atoms with E-state index in [1.54, 1.807) is 19.0 Å². The summed E-state index contributed by atoms with van der Waals surface area (Å²) in [7, 11) is 3.40. The SMILES string of the molecule is CN(C)c1nc(N2CC[C@]3(CC(=O)NC3=O)C2)ncc1F. The number of nitrogens with one attached hydrogen (secondary N) is 1. The molecule has 2 fully saturated rings. The molecule has 0 aliphatic carbocycles. The number of nitrogens with zero attached hydrogens (tertiary/aromatic N) is 4. The zero-order valence-corrected chi connectivity index (χ0v) is 11.9. The Balaban J connectivity index is 1.85. The molecule has 1 atom stereocenters. The van der Waals surface area contributed by atoms with E-state index in [0.717, 1.165) is 6.20 Å². The van der Waals surface area contributed by atoms with Crippen LogP contribution in [0.25, 0.3) is 0 Å². The molecule has 2 aliphatic heterocycles. The first-order chi connectivity index (χ1) is 9.91. The van der Waals surface area contributed by atoms with Gasteiger partial charge in [0.15, 0.2) is 11.6 Å². The number of amides is 2. The van der Waals surface area contributed by atoms with E-state index in [2.05, 4.69) is 15.3 Å². The van der Waals surface area contributed by atoms with Crippen LogP contribution >= 0.6 is 0 Å². The maximum Gasteiger partial charge on any atom is 0.235 e. The van der Waals surface area contributed by atoms with Crippen molar-refractivity contribution in [3.05, 3.63) is 12.0 Å². The molecule has 8 heteroatoms. The van der Waals surface area contributed by atoms with Gasteiger partial charge in [-0.2, -0.15) is 4.98 Å². The lowest BCUT2D eigenvalue weighted by Gasteiger charge is -2.21. The van der Waals surface area contributed by atoms with E-state index >= 15 is 0 Å². The van der Waals surface area contributed by atoms with E-state index in [4.69, 9.17) is 0 Å². The molecule has 3 heterocycles. The molecular weight excluding hydrogens is 277 g/mol. The average molecular weight is 293 g/mol. The number of rotatable bonds is 2. The van der Waals surface area contributed by atoms with Gasteiger partial charge in [-0.3, -0.25) is 14.9 Å². The van der Waals surface area contributed by atoms with Gasteiger partial charge in [0.1, 0.15) is 0 Å². The molecule has 1 aromatic rings. The van der Waals surface area contributed by atoms with Crippen molar-refractivity contribution in [2.45, 2.75) is 12.8 Å². The second-order valence-corrected chi connectivity index (χ2v) is 5.74. The zero-order chi connectivity index (χ0) is 15.2. The highest BCUT2D eigenvalue weighted by molar-refractivity contribution is 6.06. The van der Waals surface area contributed by atoms with Crippen molar-refractivity contribution in [2.24, 2.45) is 5.41 Å². The predicted molar refractivity (Wildman–Crippen MR) is 73.3 cm³/mol. The second-order valence-electron chi connectivity index (χ2n) is 5.74. The summed E-state index contributed by atoms with van der Waals surface area (Å²) < 4.78 is 13.6. The van der Waals surface area contributed by atoms with Crippen LogP contribution in [0.1, 0.15) is 12.8 Å². The third-order valence-corrected chi connectivity index (χ3v) is 4.01. The number of hydrogen-bond acceptors (Lipinski definition) is 6.